The third-order valence-corrected chi connectivity index (χ3v) is 3.85. The third kappa shape index (κ3) is 8.29. The Morgan fingerprint density at radius 2 is 1.89 bits per heavy atom. The number of esters is 1. The van der Waals surface area contributed by atoms with E-state index in [1.165, 1.54) is 0 Å². The van der Waals surface area contributed by atoms with Gasteiger partial charge in [-0.2, -0.15) is 8.42 Å². The Balaban J connectivity index is 4.86. The molecule has 0 aromatic carbocycles. The zero-order chi connectivity index (χ0) is 15.1. The van der Waals surface area contributed by atoms with Crippen LogP contribution in [0.2, 0.25) is 0 Å². The molecule has 0 rings (SSSR count). The zero-order valence-corrected chi connectivity index (χ0v) is 13.5. The van der Waals surface area contributed by atoms with E-state index in [1.807, 2.05) is 13.8 Å². The lowest BCUT2D eigenvalue weighted by molar-refractivity contribution is -0.148. The highest BCUT2D eigenvalue weighted by Gasteiger charge is 2.36. The van der Waals surface area contributed by atoms with Crippen LogP contribution in [0.5, 0.6) is 0 Å². The second-order valence-electron chi connectivity index (χ2n) is 4.70. The topological polar surface area (TPSA) is 86.7 Å². The summed E-state index contributed by atoms with van der Waals surface area (Å²) in [6.45, 7) is 5.50. The number of hydrogen-bond acceptors (Lipinski definition) is 6. The van der Waals surface area contributed by atoms with Crippen LogP contribution >= 0.6 is 8.46 Å². The van der Waals surface area contributed by atoms with E-state index in [4.69, 9.17) is 4.74 Å². The summed E-state index contributed by atoms with van der Waals surface area (Å²) in [5.74, 6) is -0.870. The van der Waals surface area contributed by atoms with Crippen LogP contribution in [0.1, 0.15) is 27.2 Å². The minimum atomic E-state index is -3.62. The molecule has 0 aromatic heterocycles. The number of hydrogen-bond donors (Lipinski definition) is 0. The standard InChI is InChI=1S/C11H21O6PS/c1-5-16-11(12)9(6-8(2)3)10(18-13)7-17-19(4,14)15/h8-10H,5-7H2,1-4H3/p+1. The van der Waals surface area contributed by atoms with E-state index < -0.39 is 36.1 Å². The molecule has 0 spiro atoms. The second-order valence-corrected chi connectivity index (χ2v) is 7.32. The molecule has 19 heavy (non-hydrogen) atoms. The van der Waals surface area contributed by atoms with Crippen molar-refractivity contribution >= 4 is 24.5 Å². The molecule has 3 atom stereocenters. The lowest BCUT2D eigenvalue weighted by atomic mass is 9.94. The number of ether oxygens (including phenoxy) is 1. The lowest BCUT2D eigenvalue weighted by Gasteiger charge is -2.18. The summed E-state index contributed by atoms with van der Waals surface area (Å²) in [5.41, 5.74) is -0.670. The van der Waals surface area contributed by atoms with Crippen molar-refractivity contribution in [1.82, 2.24) is 0 Å². The minimum absolute atomic E-state index is 0.200. The van der Waals surface area contributed by atoms with Gasteiger partial charge < -0.3 is 4.74 Å². The lowest BCUT2D eigenvalue weighted by Crippen LogP contribution is -2.31. The van der Waals surface area contributed by atoms with Crippen molar-refractivity contribution in [2.45, 2.75) is 32.9 Å². The molecule has 0 aliphatic rings. The smallest absolute Gasteiger partial charge is 0.331 e. The fraction of sp³-hybridized carbons (Fsp3) is 0.909. The van der Waals surface area contributed by atoms with Crippen molar-refractivity contribution in [2.24, 2.45) is 11.8 Å². The summed E-state index contributed by atoms with van der Waals surface area (Å²) < 4.78 is 42.7. The number of carbonyl (C=O) groups excluding carboxylic acids is 1. The van der Waals surface area contributed by atoms with Crippen molar-refractivity contribution < 1.29 is 26.7 Å². The summed E-state index contributed by atoms with van der Waals surface area (Å²) in [7, 11) is -4.44. The molecule has 0 aliphatic heterocycles. The molecule has 112 valence electrons. The molecule has 0 N–H and O–H groups in total. The average Bonchev–Trinajstić information content (AvgIpc) is 2.26. The van der Waals surface area contributed by atoms with E-state index in [-0.39, 0.29) is 19.1 Å². The first kappa shape index (κ1) is 18.5. The van der Waals surface area contributed by atoms with E-state index in [1.54, 1.807) is 6.92 Å². The Labute approximate surface area is 116 Å². The quantitative estimate of drug-likeness (QED) is 0.365. The second kappa shape index (κ2) is 8.61. The molecule has 8 heteroatoms. The molecule has 6 nitrogen and oxygen atoms in total. The van der Waals surface area contributed by atoms with Crippen molar-refractivity contribution in [3.63, 3.8) is 0 Å². The van der Waals surface area contributed by atoms with Crippen molar-refractivity contribution in [3.8, 4) is 0 Å². The van der Waals surface area contributed by atoms with Crippen LogP contribution in [-0.4, -0.2) is 39.5 Å². The van der Waals surface area contributed by atoms with Crippen LogP contribution in [0.15, 0.2) is 0 Å². The van der Waals surface area contributed by atoms with Crippen molar-refractivity contribution in [3.05, 3.63) is 0 Å². The van der Waals surface area contributed by atoms with Gasteiger partial charge in [-0.1, -0.05) is 18.4 Å². The van der Waals surface area contributed by atoms with Gasteiger partial charge >= 0.3 is 14.4 Å². The summed E-state index contributed by atoms with van der Waals surface area (Å²) >= 11 is 0. The van der Waals surface area contributed by atoms with E-state index in [9.17, 15) is 17.8 Å². The van der Waals surface area contributed by atoms with Gasteiger partial charge in [-0.3, -0.25) is 8.98 Å². The van der Waals surface area contributed by atoms with Gasteiger partial charge in [-0.05, 0) is 19.3 Å². The zero-order valence-electron chi connectivity index (χ0n) is 11.7. The fourth-order valence-corrected chi connectivity index (χ4v) is 2.71. The highest BCUT2D eigenvalue weighted by atomic mass is 32.2. The van der Waals surface area contributed by atoms with Crippen LogP contribution in [0, 0.1) is 11.8 Å². The Hall–Kier alpha value is -0.520. The summed E-state index contributed by atoms with van der Waals surface area (Å²) in [6.07, 6.45) is 1.39. The van der Waals surface area contributed by atoms with Gasteiger partial charge in [-0.15, -0.1) is 0 Å². The van der Waals surface area contributed by atoms with E-state index in [0.29, 0.717) is 6.42 Å². The maximum Gasteiger partial charge on any atom is 0.331 e. The number of rotatable bonds is 9. The Bertz CT molecular complexity index is 392. The predicted molar refractivity (Wildman–Crippen MR) is 73.2 cm³/mol. The average molecular weight is 313 g/mol. The minimum Gasteiger partial charge on any atom is -0.466 e. The van der Waals surface area contributed by atoms with E-state index in [2.05, 4.69) is 4.18 Å². The van der Waals surface area contributed by atoms with Gasteiger partial charge in [0, 0.05) is 0 Å². The molecule has 0 aromatic rings. The normalized spacial score (nSPS) is 15.4. The largest absolute Gasteiger partial charge is 0.466 e. The fourth-order valence-electron chi connectivity index (χ4n) is 1.61. The third-order valence-electron chi connectivity index (χ3n) is 2.41. The first-order valence-electron chi connectivity index (χ1n) is 6.10. The van der Waals surface area contributed by atoms with Gasteiger partial charge in [0.15, 0.2) is 5.66 Å². The Kier molecular flexibility index (Phi) is 8.38. The molecular formula is C11H22O6PS+. The molecule has 0 radical (unpaired) electrons. The molecule has 0 saturated heterocycles. The maximum atomic E-state index is 11.8. The molecular weight excluding hydrogens is 291 g/mol. The summed E-state index contributed by atoms with van der Waals surface area (Å²) in [6, 6.07) is 0. The van der Waals surface area contributed by atoms with Crippen molar-refractivity contribution in [1.29, 1.82) is 0 Å². The van der Waals surface area contributed by atoms with E-state index in [0.717, 1.165) is 6.26 Å². The monoisotopic (exact) mass is 313 g/mol. The Morgan fingerprint density at radius 1 is 1.32 bits per heavy atom. The van der Waals surface area contributed by atoms with Gasteiger partial charge in [0.2, 0.25) is 0 Å². The van der Waals surface area contributed by atoms with Crippen LogP contribution in [0.25, 0.3) is 0 Å². The predicted octanol–water partition coefficient (Wildman–Crippen LogP) is 1.58. The van der Waals surface area contributed by atoms with Gasteiger partial charge in [-0.25, -0.2) is 0 Å². The van der Waals surface area contributed by atoms with Gasteiger partial charge in [0.1, 0.15) is 12.5 Å². The van der Waals surface area contributed by atoms with Gasteiger partial charge in [0.05, 0.1) is 12.9 Å². The first-order chi connectivity index (χ1) is 8.71. The molecule has 0 heterocycles. The molecule has 0 aliphatic carbocycles. The highest BCUT2D eigenvalue weighted by molar-refractivity contribution is 7.86. The van der Waals surface area contributed by atoms with Crippen LogP contribution < -0.4 is 0 Å². The molecule has 3 unspecified atom stereocenters. The Morgan fingerprint density at radius 3 is 2.26 bits per heavy atom. The van der Waals surface area contributed by atoms with Crippen LogP contribution in [-0.2, 0) is 28.4 Å². The van der Waals surface area contributed by atoms with E-state index >= 15 is 0 Å². The molecule has 0 amide bonds. The SMILES string of the molecule is CCOC(=O)C(CC(C)C)C(COS(C)(=O)=O)[PH+]=O. The maximum absolute atomic E-state index is 11.8. The molecule has 0 fully saturated rings. The van der Waals surface area contributed by atoms with Gasteiger partial charge in [0.25, 0.3) is 10.1 Å². The number of carbonyl (C=O) groups is 1. The molecule has 0 saturated carbocycles. The summed E-state index contributed by atoms with van der Waals surface area (Å²) in [4.78, 5) is 11.8. The van der Waals surface area contributed by atoms with Crippen LogP contribution in [0.4, 0.5) is 0 Å². The highest BCUT2D eigenvalue weighted by Crippen LogP contribution is 2.26. The van der Waals surface area contributed by atoms with Crippen molar-refractivity contribution in [2.75, 3.05) is 19.5 Å². The van der Waals surface area contributed by atoms with Crippen LogP contribution in [0.3, 0.4) is 0 Å². The summed E-state index contributed by atoms with van der Waals surface area (Å²) in [5, 5.41) is 0. The first-order valence-corrected chi connectivity index (χ1v) is 8.90. The molecule has 0 bridgehead atoms.